The second-order valence-electron chi connectivity index (χ2n) is 1.76. The topological polar surface area (TPSA) is 13.1 Å². The summed E-state index contributed by atoms with van der Waals surface area (Å²) in [4.78, 5) is 0.604. The van der Waals surface area contributed by atoms with Crippen LogP contribution in [0.5, 0.6) is 0 Å². The summed E-state index contributed by atoms with van der Waals surface area (Å²) in [6.07, 6.45) is 1.73. The van der Waals surface area contributed by atoms with E-state index in [9.17, 15) is 0 Å². The molecule has 3 heteroatoms. The van der Waals surface area contributed by atoms with E-state index in [0.29, 0.717) is 17.9 Å². The number of furan rings is 1. The molecule has 0 aromatic carbocycles. The molecule has 0 amide bonds. The molecule has 50 valence electrons. The minimum atomic E-state index is 0.602. The van der Waals surface area contributed by atoms with Gasteiger partial charge in [0.15, 0.2) is 0 Å². The predicted molar refractivity (Wildman–Crippen MR) is 40.0 cm³/mol. The summed E-state index contributed by atoms with van der Waals surface area (Å²) in [5, 5.41) is 0. The Kier molecular flexibility index (Phi) is 2.87. The average Bonchev–Trinajstić information content (AvgIpc) is 2.37. The molecule has 1 nitrogen and oxygen atoms in total. The molecule has 0 N–H and O–H groups in total. The van der Waals surface area contributed by atoms with E-state index < -0.39 is 0 Å². The van der Waals surface area contributed by atoms with Gasteiger partial charge in [-0.05, 0) is 0 Å². The summed E-state index contributed by atoms with van der Waals surface area (Å²) in [6, 6.07) is 3.96. The Balaban J connectivity index is 2.65. The van der Waals surface area contributed by atoms with Crippen molar-refractivity contribution in [3.63, 3.8) is 0 Å². The molecule has 1 rings (SSSR count). The van der Waals surface area contributed by atoms with E-state index in [1.807, 2.05) is 12.1 Å². The molecule has 1 unspecified atom stereocenters. The zero-order chi connectivity index (χ0) is 6.69. The van der Waals surface area contributed by atoms with Gasteiger partial charge < -0.3 is 0 Å². The summed E-state index contributed by atoms with van der Waals surface area (Å²) in [5.41, 5.74) is 0. The maximum absolute atomic E-state index is 5.19. The first-order valence-corrected chi connectivity index (χ1v) is 8.42. The monoisotopic (exact) mass is 256 g/mol. The van der Waals surface area contributed by atoms with E-state index in [1.54, 1.807) is 6.26 Å². The van der Waals surface area contributed by atoms with Gasteiger partial charge in [0.2, 0.25) is 0 Å². The number of rotatable bonds is 2. The molecule has 0 fully saturated rings. The van der Waals surface area contributed by atoms with Gasteiger partial charge in [0.05, 0.1) is 0 Å². The van der Waals surface area contributed by atoms with Crippen molar-refractivity contribution in [3.05, 3.63) is 24.2 Å². The van der Waals surface area contributed by atoms with E-state index in [4.69, 9.17) is 4.42 Å². The maximum atomic E-state index is 5.19. The molecule has 1 aromatic heterocycles. The second kappa shape index (κ2) is 3.48. The van der Waals surface area contributed by atoms with Crippen molar-refractivity contribution in [1.29, 1.82) is 0 Å². The van der Waals surface area contributed by atoms with Crippen LogP contribution in [0.25, 0.3) is 0 Å². The molecule has 0 spiro atoms. The molecule has 0 aliphatic rings. The van der Waals surface area contributed by atoms with Gasteiger partial charge in [-0.1, -0.05) is 0 Å². The van der Waals surface area contributed by atoms with Crippen molar-refractivity contribution in [2.45, 2.75) is 11.7 Å². The standard InChI is InChI=1S/C6H8OSe2/c1-5(9-8)6-3-2-4-7-6/h2-5,8H,1H3. The fraction of sp³-hybridized carbons (Fsp3) is 0.333. The Labute approximate surface area is 67.7 Å². The van der Waals surface area contributed by atoms with Crippen LogP contribution in [0.3, 0.4) is 0 Å². The molecule has 0 bridgehead atoms. The Bertz CT molecular complexity index is 160. The Morgan fingerprint density at radius 2 is 2.56 bits per heavy atom. The van der Waals surface area contributed by atoms with Crippen molar-refractivity contribution < 1.29 is 4.42 Å². The zero-order valence-corrected chi connectivity index (χ0v) is 8.66. The van der Waals surface area contributed by atoms with Gasteiger partial charge in [-0.15, -0.1) is 0 Å². The first-order valence-electron chi connectivity index (χ1n) is 2.68. The summed E-state index contributed by atoms with van der Waals surface area (Å²) in [6.45, 7) is 2.18. The number of hydrogen-bond acceptors (Lipinski definition) is 1. The van der Waals surface area contributed by atoms with Gasteiger partial charge in [-0.3, -0.25) is 0 Å². The minimum absolute atomic E-state index is 0.602. The van der Waals surface area contributed by atoms with Gasteiger partial charge >= 0.3 is 67.6 Å². The Morgan fingerprint density at radius 3 is 3.00 bits per heavy atom. The van der Waals surface area contributed by atoms with Crippen LogP contribution in [0.4, 0.5) is 0 Å². The van der Waals surface area contributed by atoms with Gasteiger partial charge in [0.25, 0.3) is 0 Å². The first kappa shape index (κ1) is 7.43. The zero-order valence-electron chi connectivity index (χ0n) is 5.07. The SMILES string of the molecule is CC([Se][SeH])c1ccco1. The molecule has 1 aromatic rings. The molecule has 0 aliphatic carbocycles. The predicted octanol–water partition coefficient (Wildman–Crippen LogP) is 0.861. The van der Waals surface area contributed by atoms with Crippen LogP contribution in [-0.4, -0.2) is 27.3 Å². The number of hydrogen-bond donors (Lipinski definition) is 0. The normalized spacial score (nSPS) is 13.6. The summed E-state index contributed by atoms with van der Waals surface area (Å²) in [5.74, 6) is 1.11. The fourth-order valence-corrected chi connectivity index (χ4v) is 2.21. The van der Waals surface area contributed by atoms with Crippen molar-refractivity contribution in [2.75, 3.05) is 0 Å². The summed E-state index contributed by atoms with van der Waals surface area (Å²) < 4.78 is 5.19. The average molecular weight is 254 g/mol. The van der Waals surface area contributed by atoms with Gasteiger partial charge in [0, 0.05) is 0 Å². The van der Waals surface area contributed by atoms with Crippen LogP contribution in [0.15, 0.2) is 22.8 Å². The molecule has 0 aliphatic heterocycles. The third-order valence-electron chi connectivity index (χ3n) is 1.10. The van der Waals surface area contributed by atoms with Crippen molar-refractivity contribution >= 4 is 27.3 Å². The third-order valence-corrected chi connectivity index (χ3v) is 5.70. The van der Waals surface area contributed by atoms with E-state index in [2.05, 4.69) is 21.1 Å². The molecule has 1 atom stereocenters. The molecular formula is C6H8OSe2. The quantitative estimate of drug-likeness (QED) is 0.713. The van der Waals surface area contributed by atoms with Crippen molar-refractivity contribution in [1.82, 2.24) is 0 Å². The van der Waals surface area contributed by atoms with Crippen LogP contribution in [0.2, 0.25) is 0 Å². The van der Waals surface area contributed by atoms with Crippen molar-refractivity contribution in [2.24, 2.45) is 0 Å². The van der Waals surface area contributed by atoms with E-state index in [1.165, 1.54) is 0 Å². The fourth-order valence-electron chi connectivity index (χ4n) is 0.575. The molecule has 9 heavy (non-hydrogen) atoms. The van der Waals surface area contributed by atoms with Crippen molar-refractivity contribution in [3.8, 4) is 0 Å². The third kappa shape index (κ3) is 1.87. The molecule has 1 heterocycles. The molecular weight excluding hydrogens is 246 g/mol. The van der Waals surface area contributed by atoms with Gasteiger partial charge in [-0.25, -0.2) is 0 Å². The second-order valence-corrected chi connectivity index (χ2v) is 5.99. The summed E-state index contributed by atoms with van der Waals surface area (Å²) >= 11 is 3.23. The van der Waals surface area contributed by atoms with Crippen LogP contribution in [0, 0.1) is 0 Å². The van der Waals surface area contributed by atoms with Crippen LogP contribution < -0.4 is 0 Å². The first-order chi connectivity index (χ1) is 4.34. The van der Waals surface area contributed by atoms with Crippen LogP contribution in [-0.2, 0) is 0 Å². The van der Waals surface area contributed by atoms with Crippen LogP contribution >= 0.6 is 0 Å². The van der Waals surface area contributed by atoms with Crippen LogP contribution in [0.1, 0.15) is 17.5 Å². The molecule has 0 saturated heterocycles. The Hall–Kier alpha value is 0.319. The molecule has 0 saturated carbocycles. The molecule has 0 radical (unpaired) electrons. The van der Waals surface area contributed by atoms with E-state index >= 15 is 0 Å². The van der Waals surface area contributed by atoms with Gasteiger partial charge in [0.1, 0.15) is 0 Å². The Morgan fingerprint density at radius 1 is 1.78 bits per heavy atom. The van der Waals surface area contributed by atoms with E-state index in [-0.39, 0.29) is 0 Å². The van der Waals surface area contributed by atoms with Gasteiger partial charge in [-0.2, -0.15) is 0 Å². The summed E-state index contributed by atoms with van der Waals surface area (Å²) in [7, 11) is 0. The van der Waals surface area contributed by atoms with E-state index in [0.717, 1.165) is 5.76 Å².